The number of nitro groups is 1. The largest absolute Gasteiger partial charge is 0.277 e. The highest BCUT2D eigenvalue weighted by molar-refractivity contribution is 5.73. The van der Waals surface area contributed by atoms with Gasteiger partial charge in [0, 0.05) is 26.2 Å². The maximum absolute atomic E-state index is 10.7. The Morgan fingerprint density at radius 3 is 2.13 bits per heavy atom. The molecule has 0 aromatic heterocycles. The van der Waals surface area contributed by atoms with Crippen molar-refractivity contribution >= 4 is 17.8 Å². The number of benzene rings is 1. The molecule has 0 spiro atoms. The van der Waals surface area contributed by atoms with Gasteiger partial charge in [0.2, 0.25) is 6.41 Å². The van der Waals surface area contributed by atoms with Crippen molar-refractivity contribution in [1.29, 1.82) is 0 Å². The van der Waals surface area contributed by atoms with Crippen LogP contribution < -0.4 is 5.01 Å². The molecule has 0 aliphatic rings. The van der Waals surface area contributed by atoms with Crippen LogP contribution in [0.25, 0.3) is 0 Å². The first-order valence-electron chi connectivity index (χ1n) is 4.22. The van der Waals surface area contributed by atoms with Crippen LogP contribution in [0, 0.1) is 10.1 Å². The zero-order chi connectivity index (χ0) is 11.4. The van der Waals surface area contributed by atoms with Crippen LogP contribution in [0.4, 0.5) is 11.4 Å². The second kappa shape index (κ2) is 4.52. The van der Waals surface area contributed by atoms with E-state index in [2.05, 4.69) is 0 Å². The van der Waals surface area contributed by atoms with E-state index in [0.29, 0.717) is 12.1 Å². The minimum Gasteiger partial charge on any atom is -0.277 e. The summed E-state index contributed by atoms with van der Waals surface area (Å²) in [5, 5.41) is 13.3. The lowest BCUT2D eigenvalue weighted by molar-refractivity contribution is -0.384. The third kappa shape index (κ3) is 2.50. The van der Waals surface area contributed by atoms with Crippen LogP contribution >= 0.6 is 0 Å². The molecule has 0 bridgehead atoms. The second-order valence-electron chi connectivity index (χ2n) is 3.07. The average molecular weight is 209 g/mol. The standard InChI is InChI=1S/C9H11N3O3/c1-10(2)11(7-13)8-3-5-9(6-4-8)12(14)15/h3-7H,1-2H3. The van der Waals surface area contributed by atoms with Crippen molar-refractivity contribution < 1.29 is 9.72 Å². The molecule has 15 heavy (non-hydrogen) atoms. The van der Waals surface area contributed by atoms with Gasteiger partial charge in [-0.25, -0.2) is 10.0 Å². The number of hydrazine groups is 1. The molecule has 0 N–H and O–H groups in total. The normalized spacial score (nSPS) is 10.1. The Bertz CT molecular complexity index is 361. The predicted molar refractivity (Wildman–Crippen MR) is 55.3 cm³/mol. The summed E-state index contributed by atoms with van der Waals surface area (Å²) in [7, 11) is 3.41. The van der Waals surface area contributed by atoms with Gasteiger partial charge in [-0.05, 0) is 12.1 Å². The Labute approximate surface area is 86.8 Å². The van der Waals surface area contributed by atoms with Gasteiger partial charge in [0.1, 0.15) is 0 Å². The summed E-state index contributed by atoms with van der Waals surface area (Å²) in [6.07, 6.45) is 0.640. The lowest BCUT2D eigenvalue weighted by Crippen LogP contribution is -2.35. The zero-order valence-electron chi connectivity index (χ0n) is 8.45. The Hall–Kier alpha value is -1.95. The number of carbonyl (C=O) groups is 1. The van der Waals surface area contributed by atoms with Crippen LogP contribution in [0.2, 0.25) is 0 Å². The molecule has 0 aliphatic heterocycles. The third-order valence-electron chi connectivity index (χ3n) is 1.86. The number of nitrogens with zero attached hydrogens (tertiary/aromatic N) is 3. The highest BCUT2D eigenvalue weighted by Crippen LogP contribution is 2.18. The lowest BCUT2D eigenvalue weighted by Gasteiger charge is -2.23. The lowest BCUT2D eigenvalue weighted by atomic mass is 10.3. The van der Waals surface area contributed by atoms with Crippen molar-refractivity contribution in [3.05, 3.63) is 34.4 Å². The molecule has 0 saturated carbocycles. The van der Waals surface area contributed by atoms with Crippen LogP contribution in [0.15, 0.2) is 24.3 Å². The first kappa shape index (κ1) is 11.1. The molecule has 6 heteroatoms. The van der Waals surface area contributed by atoms with Crippen molar-refractivity contribution in [3.63, 3.8) is 0 Å². The van der Waals surface area contributed by atoms with E-state index in [1.165, 1.54) is 29.3 Å². The van der Waals surface area contributed by atoms with Gasteiger partial charge in [0.25, 0.3) is 5.69 Å². The first-order chi connectivity index (χ1) is 7.06. The molecule has 1 amide bonds. The molecule has 0 unspecified atom stereocenters. The van der Waals surface area contributed by atoms with E-state index < -0.39 is 4.92 Å². The fourth-order valence-electron chi connectivity index (χ4n) is 1.11. The second-order valence-corrected chi connectivity index (χ2v) is 3.07. The number of carbonyl (C=O) groups excluding carboxylic acids is 1. The number of rotatable bonds is 4. The SMILES string of the molecule is CN(C)N(C=O)c1ccc([N+](=O)[O-])cc1. The van der Waals surface area contributed by atoms with Crippen LogP contribution in [0.3, 0.4) is 0 Å². The van der Waals surface area contributed by atoms with Gasteiger partial charge in [-0.15, -0.1) is 0 Å². The highest BCUT2D eigenvalue weighted by atomic mass is 16.6. The van der Waals surface area contributed by atoms with Gasteiger partial charge in [0.05, 0.1) is 10.6 Å². The van der Waals surface area contributed by atoms with E-state index >= 15 is 0 Å². The van der Waals surface area contributed by atoms with Crippen LogP contribution in [0.5, 0.6) is 0 Å². The molecule has 0 atom stereocenters. The van der Waals surface area contributed by atoms with E-state index in [9.17, 15) is 14.9 Å². The fourth-order valence-corrected chi connectivity index (χ4v) is 1.11. The van der Waals surface area contributed by atoms with E-state index in [4.69, 9.17) is 0 Å². The Kier molecular flexibility index (Phi) is 3.35. The number of non-ortho nitro benzene ring substituents is 1. The molecule has 0 aliphatic carbocycles. The van der Waals surface area contributed by atoms with E-state index in [0.717, 1.165) is 0 Å². The van der Waals surface area contributed by atoms with Crippen molar-refractivity contribution in [3.8, 4) is 0 Å². The maximum Gasteiger partial charge on any atom is 0.269 e. The van der Waals surface area contributed by atoms with Gasteiger partial charge in [-0.1, -0.05) is 0 Å². The van der Waals surface area contributed by atoms with E-state index in [1.54, 1.807) is 19.1 Å². The summed E-state index contributed by atoms with van der Waals surface area (Å²) in [6, 6.07) is 5.75. The number of hydrogen-bond acceptors (Lipinski definition) is 4. The molecule has 80 valence electrons. The summed E-state index contributed by atoms with van der Waals surface area (Å²) >= 11 is 0. The summed E-state index contributed by atoms with van der Waals surface area (Å²) in [5.41, 5.74) is 0.587. The number of nitro benzene ring substituents is 1. The van der Waals surface area contributed by atoms with Crippen molar-refractivity contribution in [1.82, 2.24) is 5.01 Å². The Morgan fingerprint density at radius 2 is 1.80 bits per heavy atom. The minimum atomic E-state index is -0.481. The first-order valence-corrected chi connectivity index (χ1v) is 4.22. The molecular formula is C9H11N3O3. The van der Waals surface area contributed by atoms with Crippen LogP contribution in [-0.2, 0) is 4.79 Å². The van der Waals surface area contributed by atoms with Crippen molar-refractivity contribution in [2.45, 2.75) is 0 Å². The van der Waals surface area contributed by atoms with Crippen molar-refractivity contribution in [2.75, 3.05) is 19.1 Å². The quantitative estimate of drug-likeness (QED) is 0.422. The molecule has 1 rings (SSSR count). The van der Waals surface area contributed by atoms with E-state index in [1.807, 2.05) is 0 Å². The smallest absolute Gasteiger partial charge is 0.269 e. The summed E-state index contributed by atoms with van der Waals surface area (Å²) in [6.45, 7) is 0. The molecule has 0 saturated heterocycles. The van der Waals surface area contributed by atoms with Crippen LogP contribution in [-0.4, -0.2) is 30.4 Å². The third-order valence-corrected chi connectivity index (χ3v) is 1.86. The predicted octanol–water partition coefficient (Wildman–Crippen LogP) is 1.03. The minimum absolute atomic E-state index is 0.00311. The van der Waals surface area contributed by atoms with Gasteiger partial charge in [-0.2, -0.15) is 0 Å². The number of amides is 1. The van der Waals surface area contributed by atoms with E-state index in [-0.39, 0.29) is 5.69 Å². The molecule has 0 radical (unpaired) electrons. The van der Waals surface area contributed by atoms with Crippen molar-refractivity contribution in [2.24, 2.45) is 0 Å². The van der Waals surface area contributed by atoms with Gasteiger partial charge in [0.15, 0.2) is 0 Å². The molecule has 1 aromatic rings. The molecule has 0 fully saturated rings. The topological polar surface area (TPSA) is 66.7 Å². The summed E-state index contributed by atoms with van der Waals surface area (Å²) in [4.78, 5) is 20.6. The molecular weight excluding hydrogens is 198 g/mol. The van der Waals surface area contributed by atoms with Gasteiger partial charge >= 0.3 is 0 Å². The number of hydrogen-bond donors (Lipinski definition) is 0. The molecule has 1 aromatic carbocycles. The Morgan fingerprint density at radius 1 is 1.27 bits per heavy atom. The molecule has 0 heterocycles. The van der Waals surface area contributed by atoms with Gasteiger partial charge < -0.3 is 0 Å². The highest BCUT2D eigenvalue weighted by Gasteiger charge is 2.09. The summed E-state index contributed by atoms with van der Waals surface area (Å²) < 4.78 is 0. The molecule has 6 nitrogen and oxygen atoms in total. The maximum atomic E-state index is 10.7. The van der Waals surface area contributed by atoms with Crippen LogP contribution in [0.1, 0.15) is 0 Å². The fraction of sp³-hybridized carbons (Fsp3) is 0.222. The van der Waals surface area contributed by atoms with Gasteiger partial charge in [-0.3, -0.25) is 14.9 Å². The monoisotopic (exact) mass is 209 g/mol. The Balaban J connectivity index is 2.96. The number of anilines is 1. The zero-order valence-corrected chi connectivity index (χ0v) is 8.45. The summed E-state index contributed by atoms with van der Waals surface area (Å²) in [5.74, 6) is 0. The average Bonchev–Trinajstić information content (AvgIpc) is 2.19.